The van der Waals surface area contributed by atoms with Crippen LogP contribution in [0.3, 0.4) is 0 Å². The third-order valence-corrected chi connectivity index (χ3v) is 3.25. The lowest BCUT2D eigenvalue weighted by Crippen LogP contribution is -2.12. The first-order chi connectivity index (χ1) is 7.98. The van der Waals surface area contributed by atoms with Crippen molar-refractivity contribution in [2.45, 2.75) is 32.1 Å². The molecule has 17 heavy (non-hydrogen) atoms. The summed E-state index contributed by atoms with van der Waals surface area (Å²) in [5, 5.41) is 9.41. The summed E-state index contributed by atoms with van der Waals surface area (Å²) >= 11 is 5.92. The van der Waals surface area contributed by atoms with Crippen molar-refractivity contribution in [3.05, 3.63) is 28.5 Å². The molecule has 0 atom stereocenters. The van der Waals surface area contributed by atoms with Crippen molar-refractivity contribution in [1.29, 1.82) is 5.26 Å². The summed E-state index contributed by atoms with van der Waals surface area (Å²) in [6.45, 7) is 3.68. The molecule has 1 heterocycles. The Morgan fingerprint density at radius 2 is 2.18 bits per heavy atom. The minimum absolute atomic E-state index is 0.0317. The number of nitriles is 1. The molecule has 0 aliphatic heterocycles. The molecule has 0 amide bonds. The second-order valence-electron chi connectivity index (χ2n) is 4.78. The lowest BCUT2D eigenvalue weighted by Gasteiger charge is -2.09. The molecule has 0 spiro atoms. The largest absolute Gasteiger partial charge is 0.294 e. The highest BCUT2D eigenvalue weighted by Crippen LogP contribution is 2.47. The summed E-state index contributed by atoms with van der Waals surface area (Å²) in [5.74, 6) is -0.0529. The van der Waals surface area contributed by atoms with Crippen LogP contribution in [0.25, 0.3) is 0 Å². The number of halogens is 1. The van der Waals surface area contributed by atoms with E-state index in [-0.39, 0.29) is 16.9 Å². The average molecular weight is 249 g/mol. The van der Waals surface area contributed by atoms with E-state index in [1.54, 1.807) is 12.1 Å². The Balaban J connectivity index is 2.44. The lowest BCUT2D eigenvalue weighted by atomic mass is 9.97. The lowest BCUT2D eigenvalue weighted by molar-refractivity contribution is 0.0939. The zero-order valence-electron chi connectivity index (χ0n) is 9.83. The fourth-order valence-corrected chi connectivity index (χ4v) is 1.98. The van der Waals surface area contributed by atoms with Gasteiger partial charge in [-0.2, -0.15) is 5.26 Å². The number of Topliss-reactive ketones (excluding diaryl/α,β-unsaturated/α-hetero) is 1. The summed E-state index contributed by atoms with van der Waals surface area (Å²) in [5.41, 5.74) is 0.685. The van der Waals surface area contributed by atoms with Gasteiger partial charge in [-0.15, -0.1) is 0 Å². The third-order valence-electron chi connectivity index (χ3n) is 3.06. The third kappa shape index (κ3) is 2.18. The van der Waals surface area contributed by atoms with Gasteiger partial charge in [-0.1, -0.05) is 25.4 Å². The van der Waals surface area contributed by atoms with Gasteiger partial charge >= 0.3 is 0 Å². The molecule has 0 N–H and O–H groups in total. The van der Waals surface area contributed by atoms with E-state index in [4.69, 9.17) is 16.9 Å². The SMILES string of the molecule is CC(C)C(=O)c1cc(Cl)nc(C2(C#N)CC2)c1. The highest BCUT2D eigenvalue weighted by molar-refractivity contribution is 6.29. The molecule has 0 unspecified atom stereocenters. The number of carbonyl (C=O) groups is 1. The van der Waals surface area contributed by atoms with Crippen LogP contribution in [-0.2, 0) is 5.41 Å². The van der Waals surface area contributed by atoms with Gasteiger partial charge < -0.3 is 0 Å². The van der Waals surface area contributed by atoms with Gasteiger partial charge in [0.05, 0.1) is 17.2 Å². The van der Waals surface area contributed by atoms with Crippen molar-refractivity contribution < 1.29 is 4.79 Å². The monoisotopic (exact) mass is 248 g/mol. The predicted octanol–water partition coefficient (Wildman–Crippen LogP) is 3.13. The van der Waals surface area contributed by atoms with Crippen LogP contribution in [-0.4, -0.2) is 10.8 Å². The van der Waals surface area contributed by atoms with E-state index in [0.29, 0.717) is 11.3 Å². The molecule has 1 aromatic rings. The van der Waals surface area contributed by atoms with Crippen LogP contribution in [0, 0.1) is 17.2 Å². The summed E-state index contributed by atoms with van der Waals surface area (Å²) in [4.78, 5) is 16.1. The smallest absolute Gasteiger partial charge is 0.165 e. The molecule has 1 fully saturated rings. The molecule has 0 radical (unpaired) electrons. The molecule has 88 valence electrons. The maximum absolute atomic E-state index is 11.9. The molecule has 1 aliphatic carbocycles. The van der Waals surface area contributed by atoms with E-state index in [9.17, 15) is 4.79 Å². The van der Waals surface area contributed by atoms with Crippen LogP contribution >= 0.6 is 11.6 Å². The van der Waals surface area contributed by atoms with E-state index in [2.05, 4.69) is 11.1 Å². The molecule has 2 rings (SSSR count). The van der Waals surface area contributed by atoms with Gasteiger partial charge in [0.2, 0.25) is 0 Å². The number of pyridine rings is 1. The zero-order chi connectivity index (χ0) is 12.6. The molecule has 4 heteroatoms. The molecule has 1 aromatic heterocycles. The predicted molar refractivity (Wildman–Crippen MR) is 64.9 cm³/mol. The number of hydrogen-bond donors (Lipinski definition) is 0. The first-order valence-electron chi connectivity index (χ1n) is 5.62. The van der Waals surface area contributed by atoms with E-state index >= 15 is 0 Å². The van der Waals surface area contributed by atoms with Gasteiger partial charge in [-0.05, 0) is 25.0 Å². The topological polar surface area (TPSA) is 53.8 Å². The summed E-state index contributed by atoms with van der Waals surface area (Å²) in [6.07, 6.45) is 1.60. The Kier molecular flexibility index (Phi) is 2.92. The van der Waals surface area contributed by atoms with Gasteiger partial charge in [0.1, 0.15) is 5.15 Å². The molecule has 0 bridgehead atoms. The maximum Gasteiger partial charge on any atom is 0.165 e. The average Bonchev–Trinajstić information content (AvgIpc) is 3.08. The van der Waals surface area contributed by atoms with Gasteiger partial charge in [0.25, 0.3) is 0 Å². The maximum atomic E-state index is 11.9. The molecule has 1 aliphatic rings. The number of nitrogens with zero attached hydrogens (tertiary/aromatic N) is 2. The minimum atomic E-state index is -0.503. The number of carbonyl (C=O) groups excluding carboxylic acids is 1. The van der Waals surface area contributed by atoms with Gasteiger partial charge in [0.15, 0.2) is 5.78 Å². The van der Waals surface area contributed by atoms with Crippen molar-refractivity contribution >= 4 is 17.4 Å². The van der Waals surface area contributed by atoms with Crippen molar-refractivity contribution in [2.24, 2.45) is 5.92 Å². The standard InChI is InChI=1S/C13H13ClN2O/c1-8(2)12(17)9-5-10(16-11(14)6-9)13(7-15)3-4-13/h5-6,8H,3-4H2,1-2H3. The fraction of sp³-hybridized carbons (Fsp3) is 0.462. The Bertz CT molecular complexity index is 513. The number of rotatable bonds is 3. The highest BCUT2D eigenvalue weighted by atomic mass is 35.5. The Morgan fingerprint density at radius 1 is 1.53 bits per heavy atom. The number of aromatic nitrogens is 1. The molecule has 0 aromatic carbocycles. The van der Waals surface area contributed by atoms with Crippen LogP contribution in [0.1, 0.15) is 42.7 Å². The number of hydrogen-bond acceptors (Lipinski definition) is 3. The number of ketones is 1. The summed E-state index contributed by atoms with van der Waals surface area (Å²) in [6, 6.07) is 5.54. The quantitative estimate of drug-likeness (QED) is 0.610. The van der Waals surface area contributed by atoms with Crippen LogP contribution in [0.4, 0.5) is 0 Å². The summed E-state index contributed by atoms with van der Waals surface area (Å²) in [7, 11) is 0. The fourth-order valence-electron chi connectivity index (χ4n) is 1.77. The zero-order valence-corrected chi connectivity index (χ0v) is 10.6. The molecular weight excluding hydrogens is 236 g/mol. The van der Waals surface area contributed by atoms with Crippen molar-refractivity contribution in [2.75, 3.05) is 0 Å². The van der Waals surface area contributed by atoms with Crippen molar-refractivity contribution in [3.8, 4) is 6.07 Å². The second-order valence-corrected chi connectivity index (χ2v) is 5.16. The molecule has 1 saturated carbocycles. The first kappa shape index (κ1) is 12.1. The first-order valence-corrected chi connectivity index (χ1v) is 6.00. The highest BCUT2D eigenvalue weighted by Gasteiger charge is 2.46. The van der Waals surface area contributed by atoms with E-state index in [0.717, 1.165) is 12.8 Å². The van der Waals surface area contributed by atoms with E-state index in [1.165, 1.54) is 0 Å². The summed E-state index contributed by atoms with van der Waals surface area (Å²) < 4.78 is 0. The van der Waals surface area contributed by atoms with Crippen LogP contribution in [0.5, 0.6) is 0 Å². The van der Waals surface area contributed by atoms with Crippen LogP contribution < -0.4 is 0 Å². The normalized spacial score (nSPS) is 16.6. The van der Waals surface area contributed by atoms with Gasteiger partial charge in [-0.3, -0.25) is 4.79 Å². The second kappa shape index (κ2) is 4.12. The van der Waals surface area contributed by atoms with Crippen LogP contribution in [0.15, 0.2) is 12.1 Å². The van der Waals surface area contributed by atoms with E-state index < -0.39 is 5.41 Å². The molecule has 3 nitrogen and oxygen atoms in total. The van der Waals surface area contributed by atoms with Crippen molar-refractivity contribution in [1.82, 2.24) is 4.98 Å². The van der Waals surface area contributed by atoms with Gasteiger partial charge in [0, 0.05) is 11.5 Å². The Labute approximate surface area is 105 Å². The van der Waals surface area contributed by atoms with Crippen molar-refractivity contribution in [3.63, 3.8) is 0 Å². The van der Waals surface area contributed by atoms with Crippen LogP contribution in [0.2, 0.25) is 5.15 Å². The van der Waals surface area contributed by atoms with Gasteiger partial charge in [-0.25, -0.2) is 4.98 Å². The van der Waals surface area contributed by atoms with E-state index in [1.807, 2.05) is 13.8 Å². The Morgan fingerprint density at radius 3 is 2.65 bits per heavy atom. The molecular formula is C13H13ClN2O. The minimum Gasteiger partial charge on any atom is -0.294 e. The Hall–Kier alpha value is -1.40. The molecule has 0 saturated heterocycles.